The van der Waals surface area contributed by atoms with Gasteiger partial charge in [0.05, 0.1) is 35.2 Å². The van der Waals surface area contributed by atoms with Gasteiger partial charge in [-0.15, -0.1) is 0 Å². The highest BCUT2D eigenvalue weighted by Crippen LogP contribution is 2.46. The van der Waals surface area contributed by atoms with Crippen molar-refractivity contribution in [3.05, 3.63) is 30.1 Å². The van der Waals surface area contributed by atoms with Gasteiger partial charge in [-0.05, 0) is 49.8 Å². The van der Waals surface area contributed by atoms with E-state index in [1.807, 2.05) is 52.8 Å². The summed E-state index contributed by atoms with van der Waals surface area (Å²) in [7, 11) is 0. The van der Waals surface area contributed by atoms with E-state index in [2.05, 4.69) is 11.9 Å². The fourth-order valence-corrected chi connectivity index (χ4v) is 5.61. The number of aliphatic hydroxyl groups is 2. The number of carbonyl (C=O) groups excluding carboxylic acids is 2. The van der Waals surface area contributed by atoms with Crippen LogP contribution in [-0.4, -0.2) is 49.3 Å². The van der Waals surface area contributed by atoms with Gasteiger partial charge in [0, 0.05) is 24.2 Å². The quantitative estimate of drug-likeness (QED) is 0.398. The number of esters is 1. The Morgan fingerprint density at radius 2 is 1.84 bits per heavy atom. The number of hydrogen-bond acceptors (Lipinski definition) is 7. The van der Waals surface area contributed by atoms with Gasteiger partial charge in [-0.1, -0.05) is 54.0 Å². The molecule has 2 aliphatic heterocycles. The first kappa shape index (κ1) is 30.3. The second-order valence-electron chi connectivity index (χ2n) is 11.6. The molecule has 2 fully saturated rings. The minimum atomic E-state index is -0.750. The number of carbonyl (C=O) groups is 2. The van der Waals surface area contributed by atoms with Gasteiger partial charge in [-0.25, -0.2) is 4.98 Å². The molecular formula is C30H46N2O6. The van der Waals surface area contributed by atoms with Crippen molar-refractivity contribution in [3.8, 4) is 0 Å². The average Bonchev–Trinajstić information content (AvgIpc) is 3.35. The highest BCUT2D eigenvalue weighted by Gasteiger charge is 2.52. The Morgan fingerprint density at radius 1 is 1.13 bits per heavy atom. The molecule has 0 saturated carbocycles. The van der Waals surface area contributed by atoms with Crippen molar-refractivity contribution in [2.75, 3.05) is 0 Å². The van der Waals surface area contributed by atoms with E-state index in [0.717, 1.165) is 35.9 Å². The lowest BCUT2D eigenvalue weighted by atomic mass is 9.74. The normalized spacial score (nSPS) is 32.6. The average molecular weight is 531 g/mol. The molecule has 2 aliphatic rings. The van der Waals surface area contributed by atoms with Crippen LogP contribution in [0.5, 0.6) is 0 Å². The highest BCUT2D eigenvalue weighted by molar-refractivity contribution is 5.87. The predicted molar refractivity (Wildman–Crippen MR) is 146 cm³/mol. The number of imidazole rings is 1. The van der Waals surface area contributed by atoms with Gasteiger partial charge >= 0.3 is 5.97 Å². The summed E-state index contributed by atoms with van der Waals surface area (Å²) in [6.45, 7) is 13.4. The third-order valence-electron chi connectivity index (χ3n) is 8.37. The third kappa shape index (κ3) is 6.64. The van der Waals surface area contributed by atoms with E-state index in [9.17, 15) is 19.8 Å². The number of rotatable bonds is 2. The van der Waals surface area contributed by atoms with Gasteiger partial charge in [0.25, 0.3) is 0 Å². The summed E-state index contributed by atoms with van der Waals surface area (Å²) in [4.78, 5) is 30.6. The van der Waals surface area contributed by atoms with Gasteiger partial charge in [0.1, 0.15) is 18.6 Å². The molecular weight excluding hydrogens is 484 g/mol. The number of hydrogen-bond donors (Lipinski definition) is 2. The first-order chi connectivity index (χ1) is 17.9. The molecule has 8 heteroatoms. The van der Waals surface area contributed by atoms with Crippen molar-refractivity contribution >= 4 is 22.8 Å². The number of Topliss-reactive ketones (excluding diaryl/α,β-unsaturated/α-hetero) is 1. The number of ketones is 1. The van der Waals surface area contributed by atoms with Gasteiger partial charge in [-0.2, -0.15) is 0 Å². The van der Waals surface area contributed by atoms with Crippen molar-refractivity contribution in [1.29, 1.82) is 0 Å². The number of aromatic nitrogens is 2. The largest absolute Gasteiger partial charge is 0.457 e. The number of ether oxygens (including phenoxy) is 2. The minimum Gasteiger partial charge on any atom is -0.457 e. The minimum absolute atomic E-state index is 0.00313. The zero-order chi connectivity index (χ0) is 28.3. The lowest BCUT2D eigenvalue weighted by Gasteiger charge is -2.31. The summed E-state index contributed by atoms with van der Waals surface area (Å²) >= 11 is 0. The Morgan fingerprint density at radius 3 is 2.53 bits per heavy atom. The standard InChI is InChI=1S/C28H40N2O6.C2H6/c1-17-7-6-11-28(5)23(36-28)14-22(19-8-9-21-20(13-19)29-15-30(21)16-31)35-24(32)10-12-27(3,4)26(34)18(2)25(17)33;1-2/h8-9,13,15,17-18,22-23,25,31,33H,6-7,10-12,14,16H2,1-5H3;1-2H3/t17-,18+,22?,23?,25?,28+;/m0./s1. The molecule has 6 atom stereocenters. The monoisotopic (exact) mass is 530 g/mol. The molecule has 0 aliphatic carbocycles. The lowest BCUT2D eigenvalue weighted by molar-refractivity contribution is -0.151. The fraction of sp³-hybridized carbons (Fsp3) is 0.700. The van der Waals surface area contributed by atoms with Gasteiger partial charge < -0.3 is 24.3 Å². The predicted octanol–water partition coefficient (Wildman–Crippen LogP) is 5.34. The molecule has 2 aromatic rings. The smallest absolute Gasteiger partial charge is 0.306 e. The summed E-state index contributed by atoms with van der Waals surface area (Å²) in [6.07, 6.45) is 3.85. The van der Waals surface area contributed by atoms with Crippen LogP contribution in [0.4, 0.5) is 0 Å². The van der Waals surface area contributed by atoms with Gasteiger partial charge in [0.2, 0.25) is 0 Å². The number of cyclic esters (lactones) is 1. The van der Waals surface area contributed by atoms with Crippen LogP contribution in [0.2, 0.25) is 0 Å². The maximum Gasteiger partial charge on any atom is 0.306 e. The van der Waals surface area contributed by atoms with Crippen LogP contribution in [0.3, 0.4) is 0 Å². The Labute approximate surface area is 226 Å². The van der Waals surface area contributed by atoms with E-state index in [1.165, 1.54) is 0 Å². The zero-order valence-corrected chi connectivity index (χ0v) is 24.1. The Balaban J connectivity index is 0.00000195. The van der Waals surface area contributed by atoms with E-state index in [0.29, 0.717) is 12.8 Å². The molecule has 2 N–H and O–H groups in total. The van der Waals surface area contributed by atoms with Crippen LogP contribution in [-0.2, 0) is 25.8 Å². The molecule has 0 amide bonds. The molecule has 8 nitrogen and oxygen atoms in total. The number of nitrogens with zero attached hydrogens (tertiary/aromatic N) is 2. The van der Waals surface area contributed by atoms with Crippen LogP contribution in [0.15, 0.2) is 24.5 Å². The maximum atomic E-state index is 13.2. The molecule has 0 bridgehead atoms. The maximum absolute atomic E-state index is 13.2. The Hall–Kier alpha value is -2.29. The van der Waals surface area contributed by atoms with Crippen molar-refractivity contribution in [3.63, 3.8) is 0 Å². The summed E-state index contributed by atoms with van der Waals surface area (Å²) in [6, 6.07) is 5.68. The van der Waals surface area contributed by atoms with Gasteiger partial charge in [0.15, 0.2) is 0 Å². The van der Waals surface area contributed by atoms with E-state index in [-0.39, 0.29) is 42.5 Å². The molecule has 3 heterocycles. The summed E-state index contributed by atoms with van der Waals surface area (Å²) in [5, 5.41) is 20.4. The van der Waals surface area contributed by atoms with Crippen molar-refractivity contribution in [1.82, 2.24) is 9.55 Å². The topological polar surface area (TPSA) is 114 Å². The molecule has 4 rings (SSSR count). The zero-order valence-electron chi connectivity index (χ0n) is 24.1. The van der Waals surface area contributed by atoms with Gasteiger partial charge in [-0.3, -0.25) is 9.59 Å². The van der Waals surface area contributed by atoms with Crippen LogP contribution in [0.25, 0.3) is 11.0 Å². The first-order valence-corrected chi connectivity index (χ1v) is 14.1. The lowest BCUT2D eigenvalue weighted by Crippen LogP contribution is -2.39. The van der Waals surface area contributed by atoms with Crippen molar-refractivity contribution < 1.29 is 29.3 Å². The number of benzene rings is 1. The van der Waals surface area contributed by atoms with E-state index in [4.69, 9.17) is 9.47 Å². The Bertz CT molecular complexity index is 1110. The van der Waals surface area contributed by atoms with E-state index < -0.39 is 23.5 Å². The molecule has 3 unspecified atom stereocenters. The Kier molecular flexibility index (Phi) is 9.76. The summed E-state index contributed by atoms with van der Waals surface area (Å²) < 4.78 is 13.7. The van der Waals surface area contributed by atoms with Crippen LogP contribution in [0.1, 0.15) is 98.7 Å². The molecule has 0 spiro atoms. The molecule has 212 valence electrons. The SMILES string of the molecule is CC.C[C@H]1CCC[C@@]2(C)OC2CC(c2ccc3c(c2)ncn3CO)OC(=O)CCC(C)(C)C(=O)[C@H](C)C1O. The van der Waals surface area contributed by atoms with Crippen LogP contribution < -0.4 is 0 Å². The summed E-state index contributed by atoms with van der Waals surface area (Å²) in [5.41, 5.74) is 1.31. The van der Waals surface area contributed by atoms with E-state index in [1.54, 1.807) is 17.8 Å². The first-order valence-electron chi connectivity index (χ1n) is 14.1. The number of epoxide rings is 1. The third-order valence-corrected chi connectivity index (χ3v) is 8.37. The van der Waals surface area contributed by atoms with Crippen LogP contribution in [0, 0.1) is 17.3 Å². The molecule has 1 aromatic heterocycles. The highest BCUT2D eigenvalue weighted by atomic mass is 16.6. The van der Waals surface area contributed by atoms with Crippen molar-refractivity contribution in [2.24, 2.45) is 17.3 Å². The van der Waals surface area contributed by atoms with Crippen LogP contribution >= 0.6 is 0 Å². The second kappa shape index (κ2) is 12.3. The number of fused-ring (bicyclic) bond motifs is 2. The molecule has 2 saturated heterocycles. The second-order valence-corrected chi connectivity index (χ2v) is 11.6. The van der Waals surface area contributed by atoms with Crippen molar-refractivity contribution in [2.45, 2.75) is 118 Å². The molecule has 38 heavy (non-hydrogen) atoms. The fourth-order valence-electron chi connectivity index (χ4n) is 5.61. The number of aliphatic hydroxyl groups excluding tert-OH is 2. The van der Waals surface area contributed by atoms with E-state index >= 15 is 0 Å². The summed E-state index contributed by atoms with van der Waals surface area (Å²) in [5.74, 6) is -0.895. The molecule has 0 radical (unpaired) electrons. The molecule has 1 aromatic carbocycles.